The average Bonchev–Trinajstić information content (AvgIpc) is 2.19. The smallest absolute Gasteiger partial charge is 0.304 e. The van der Waals surface area contributed by atoms with E-state index in [-0.39, 0.29) is 12.5 Å². The molecule has 0 spiro atoms. The Bertz CT molecular complexity index is 408. The van der Waals surface area contributed by atoms with E-state index in [1.807, 2.05) is 6.07 Å². The molecule has 0 aliphatic rings. The summed E-state index contributed by atoms with van der Waals surface area (Å²) in [6.45, 7) is 6.30. The molecule has 1 rings (SSSR count). The molecule has 4 heteroatoms. The number of carbonyl (C=O) groups is 1. The Labute approximate surface area is 81.6 Å². The average molecular weight is 185 g/mol. The number of nitriles is 1. The molecule has 0 bridgehead atoms. The lowest BCUT2D eigenvalue weighted by atomic mass is 10.2. The van der Waals surface area contributed by atoms with Gasteiger partial charge >= 0.3 is 5.91 Å². The minimum Gasteiger partial charge on any atom is -0.320 e. The summed E-state index contributed by atoms with van der Waals surface area (Å²) in [4.78, 5) is 13.9. The van der Waals surface area contributed by atoms with Crippen LogP contribution < -0.4 is 5.32 Å². The molecule has 0 aromatic heterocycles. The number of nitrogens with zero attached hydrogens (tertiary/aromatic N) is 2. The van der Waals surface area contributed by atoms with E-state index >= 15 is 0 Å². The molecule has 1 N–H and O–H groups in total. The van der Waals surface area contributed by atoms with Crippen LogP contribution in [0, 0.1) is 17.9 Å². The van der Waals surface area contributed by atoms with Gasteiger partial charge in [0, 0.05) is 5.69 Å². The maximum absolute atomic E-state index is 11.0. The van der Waals surface area contributed by atoms with E-state index < -0.39 is 0 Å². The first-order chi connectivity index (χ1) is 6.76. The van der Waals surface area contributed by atoms with Crippen molar-refractivity contribution in [1.82, 2.24) is 0 Å². The summed E-state index contributed by atoms with van der Waals surface area (Å²) in [6.07, 6.45) is 0. The third kappa shape index (κ3) is 2.62. The van der Waals surface area contributed by atoms with Crippen molar-refractivity contribution in [2.75, 3.05) is 11.9 Å². The number of anilines is 1. The molecule has 1 aromatic carbocycles. The summed E-state index contributed by atoms with van der Waals surface area (Å²) in [5.74, 6) is -0.343. The van der Waals surface area contributed by atoms with Gasteiger partial charge in [-0.2, -0.15) is 5.26 Å². The predicted octanol–water partition coefficient (Wildman–Crippen LogP) is 1.42. The van der Waals surface area contributed by atoms with Crippen LogP contribution in [0.3, 0.4) is 0 Å². The van der Waals surface area contributed by atoms with Gasteiger partial charge in [0.25, 0.3) is 6.54 Å². The van der Waals surface area contributed by atoms with Crippen molar-refractivity contribution in [2.24, 2.45) is 0 Å². The number of amides is 1. The monoisotopic (exact) mass is 185 g/mol. The quantitative estimate of drug-likeness (QED) is 0.708. The van der Waals surface area contributed by atoms with Gasteiger partial charge in [-0.15, -0.1) is 0 Å². The maximum atomic E-state index is 11.0. The van der Waals surface area contributed by atoms with E-state index in [1.54, 1.807) is 24.3 Å². The Morgan fingerprint density at radius 2 is 2.14 bits per heavy atom. The fourth-order valence-electron chi connectivity index (χ4n) is 0.900. The molecule has 0 aliphatic heterocycles. The summed E-state index contributed by atoms with van der Waals surface area (Å²) in [5, 5.41) is 11.0. The maximum Gasteiger partial charge on any atom is 0.304 e. The number of nitrogens with one attached hydrogen (secondary N) is 1. The van der Waals surface area contributed by atoms with E-state index in [2.05, 4.69) is 10.2 Å². The van der Waals surface area contributed by atoms with Gasteiger partial charge in [-0.05, 0) is 24.3 Å². The second-order valence-electron chi connectivity index (χ2n) is 2.55. The minimum absolute atomic E-state index is 0.181. The number of hydrogen-bond acceptors (Lipinski definition) is 2. The first-order valence-corrected chi connectivity index (χ1v) is 3.89. The molecule has 68 valence electrons. The molecule has 0 fully saturated rings. The molecule has 14 heavy (non-hydrogen) atoms. The molecule has 0 atom stereocenters. The van der Waals surface area contributed by atoms with E-state index in [9.17, 15) is 4.79 Å². The lowest BCUT2D eigenvalue weighted by molar-refractivity contribution is -0.114. The van der Waals surface area contributed by atoms with Crippen LogP contribution in [-0.4, -0.2) is 12.5 Å². The van der Waals surface area contributed by atoms with Crippen molar-refractivity contribution >= 4 is 11.6 Å². The van der Waals surface area contributed by atoms with E-state index in [0.29, 0.717) is 11.3 Å². The van der Waals surface area contributed by atoms with Crippen molar-refractivity contribution in [3.05, 3.63) is 41.2 Å². The van der Waals surface area contributed by atoms with Gasteiger partial charge in [-0.3, -0.25) is 4.79 Å². The number of rotatable bonds is 2. The highest BCUT2D eigenvalue weighted by Gasteiger charge is 2.03. The highest BCUT2D eigenvalue weighted by molar-refractivity contribution is 5.93. The summed E-state index contributed by atoms with van der Waals surface area (Å²) in [5.41, 5.74) is 1.13. The molecule has 0 unspecified atom stereocenters. The van der Waals surface area contributed by atoms with E-state index in [4.69, 9.17) is 11.8 Å². The zero-order chi connectivity index (χ0) is 10.4. The molecule has 0 heterocycles. The molecule has 1 amide bonds. The fraction of sp³-hybridized carbons (Fsp3) is 0.100. The molecule has 0 radical (unpaired) electrons. The van der Waals surface area contributed by atoms with Gasteiger partial charge in [0.05, 0.1) is 11.6 Å². The minimum atomic E-state index is -0.343. The normalized spacial score (nSPS) is 8.43. The van der Waals surface area contributed by atoms with Crippen LogP contribution in [0.4, 0.5) is 5.69 Å². The highest BCUT2D eigenvalue weighted by atomic mass is 16.1. The molecular formula is C10H7N3O. The van der Waals surface area contributed by atoms with Crippen molar-refractivity contribution in [1.29, 1.82) is 5.26 Å². The lowest BCUT2D eigenvalue weighted by Crippen LogP contribution is -2.13. The van der Waals surface area contributed by atoms with Gasteiger partial charge < -0.3 is 10.2 Å². The van der Waals surface area contributed by atoms with Gasteiger partial charge in [0.2, 0.25) is 0 Å². The largest absolute Gasteiger partial charge is 0.320 e. The van der Waals surface area contributed by atoms with Gasteiger partial charge in [0.1, 0.15) is 0 Å². The van der Waals surface area contributed by atoms with Crippen molar-refractivity contribution in [3.63, 3.8) is 0 Å². The van der Waals surface area contributed by atoms with Crippen molar-refractivity contribution in [3.8, 4) is 6.07 Å². The summed E-state index contributed by atoms with van der Waals surface area (Å²) < 4.78 is 0. The summed E-state index contributed by atoms with van der Waals surface area (Å²) in [6, 6.07) is 8.43. The molecule has 4 nitrogen and oxygen atoms in total. The van der Waals surface area contributed by atoms with E-state index in [1.165, 1.54) is 0 Å². The summed E-state index contributed by atoms with van der Waals surface area (Å²) in [7, 11) is 0. The van der Waals surface area contributed by atoms with Crippen molar-refractivity contribution in [2.45, 2.75) is 0 Å². The van der Waals surface area contributed by atoms with Gasteiger partial charge in [-0.1, -0.05) is 0 Å². The Balaban J connectivity index is 2.66. The first-order valence-electron chi connectivity index (χ1n) is 3.89. The molecule has 1 aromatic rings. The molecule has 0 aliphatic carbocycles. The zero-order valence-electron chi connectivity index (χ0n) is 7.32. The van der Waals surface area contributed by atoms with Crippen LogP contribution in [0.1, 0.15) is 5.56 Å². The predicted molar refractivity (Wildman–Crippen MR) is 51.3 cm³/mol. The van der Waals surface area contributed by atoms with Gasteiger partial charge in [-0.25, -0.2) is 6.57 Å². The SMILES string of the molecule is [C-]#[N+]CC(=O)Nc1ccc(C#N)cc1. The van der Waals surface area contributed by atoms with Crippen LogP contribution >= 0.6 is 0 Å². The second-order valence-corrected chi connectivity index (χ2v) is 2.55. The zero-order valence-corrected chi connectivity index (χ0v) is 7.32. The standard InChI is InChI=1S/C10H7N3O/c1-12-7-10(14)13-9-4-2-8(6-11)3-5-9/h2-5H,7H2,(H,13,14). The van der Waals surface area contributed by atoms with Crippen LogP contribution in [0.2, 0.25) is 0 Å². The molecule has 0 saturated carbocycles. The number of carbonyl (C=O) groups excluding carboxylic acids is 1. The summed E-state index contributed by atoms with van der Waals surface area (Å²) >= 11 is 0. The lowest BCUT2D eigenvalue weighted by Gasteiger charge is -1.99. The number of hydrogen-bond donors (Lipinski definition) is 1. The third-order valence-corrected chi connectivity index (χ3v) is 1.52. The van der Waals surface area contributed by atoms with Crippen LogP contribution in [-0.2, 0) is 4.79 Å². The fourth-order valence-corrected chi connectivity index (χ4v) is 0.900. The molecular weight excluding hydrogens is 178 g/mol. The Kier molecular flexibility index (Phi) is 3.23. The Morgan fingerprint density at radius 3 is 2.64 bits per heavy atom. The van der Waals surface area contributed by atoms with Crippen LogP contribution in [0.5, 0.6) is 0 Å². The first kappa shape index (κ1) is 9.76. The number of benzene rings is 1. The molecule has 0 saturated heterocycles. The highest BCUT2D eigenvalue weighted by Crippen LogP contribution is 2.08. The third-order valence-electron chi connectivity index (χ3n) is 1.52. The van der Waals surface area contributed by atoms with Crippen molar-refractivity contribution < 1.29 is 4.79 Å². The van der Waals surface area contributed by atoms with Crippen LogP contribution in [0.15, 0.2) is 24.3 Å². The van der Waals surface area contributed by atoms with E-state index in [0.717, 1.165) is 0 Å². The van der Waals surface area contributed by atoms with Gasteiger partial charge in [0.15, 0.2) is 0 Å². The second kappa shape index (κ2) is 4.64. The van der Waals surface area contributed by atoms with Crippen LogP contribution in [0.25, 0.3) is 4.85 Å². The Hall–Kier alpha value is -2.33. The topological polar surface area (TPSA) is 57.2 Å². The Morgan fingerprint density at radius 1 is 1.50 bits per heavy atom.